The average Bonchev–Trinajstić information content (AvgIpc) is 2.48. The second kappa shape index (κ2) is 4.28. The Morgan fingerprint density at radius 1 is 1.64 bits per heavy atom. The summed E-state index contributed by atoms with van der Waals surface area (Å²) in [5.41, 5.74) is 5.72. The van der Waals surface area contributed by atoms with Gasteiger partial charge < -0.3 is 11.1 Å². The first-order valence-electron chi connectivity index (χ1n) is 5.18. The van der Waals surface area contributed by atoms with E-state index in [1.54, 1.807) is 7.05 Å². The van der Waals surface area contributed by atoms with Crippen LogP contribution in [0.25, 0.3) is 0 Å². The lowest BCUT2D eigenvalue weighted by molar-refractivity contribution is -0.125. The molecule has 0 aromatic rings. The normalized spacial score (nSPS) is 23.9. The van der Waals surface area contributed by atoms with E-state index in [9.17, 15) is 4.79 Å². The van der Waals surface area contributed by atoms with E-state index in [4.69, 9.17) is 5.73 Å². The van der Waals surface area contributed by atoms with Gasteiger partial charge in [-0.15, -0.1) is 0 Å². The van der Waals surface area contributed by atoms with E-state index in [1.165, 1.54) is 0 Å². The highest BCUT2D eigenvalue weighted by atomic mass is 16.2. The predicted octanol–water partition coefficient (Wildman–Crippen LogP) is -0.0659. The van der Waals surface area contributed by atoms with E-state index in [2.05, 4.69) is 10.2 Å². The number of carbonyl (C=O) groups excluding carboxylic acids is 1. The molecule has 0 aliphatic carbocycles. The first-order chi connectivity index (χ1) is 6.44. The first kappa shape index (κ1) is 11.5. The highest BCUT2D eigenvalue weighted by Crippen LogP contribution is 2.19. The van der Waals surface area contributed by atoms with Crippen molar-refractivity contribution in [2.45, 2.75) is 38.3 Å². The number of nitrogens with zero attached hydrogens (tertiary/aromatic N) is 1. The Kier molecular flexibility index (Phi) is 3.50. The number of hydrogen-bond donors (Lipinski definition) is 2. The van der Waals surface area contributed by atoms with Crippen LogP contribution < -0.4 is 11.1 Å². The number of hydrogen-bond acceptors (Lipinski definition) is 3. The van der Waals surface area contributed by atoms with Gasteiger partial charge in [-0.2, -0.15) is 0 Å². The van der Waals surface area contributed by atoms with Crippen LogP contribution in [-0.2, 0) is 4.79 Å². The number of likely N-dealkylation sites (N-methyl/N-ethyl adjacent to an activating group) is 1. The second-order valence-electron chi connectivity index (χ2n) is 4.73. The Morgan fingerprint density at radius 3 is 2.79 bits per heavy atom. The maximum atomic E-state index is 11.5. The van der Waals surface area contributed by atoms with Crippen molar-refractivity contribution < 1.29 is 4.79 Å². The molecule has 0 unspecified atom stereocenters. The van der Waals surface area contributed by atoms with Gasteiger partial charge in [0.25, 0.3) is 0 Å². The van der Waals surface area contributed by atoms with Crippen LogP contribution in [0.15, 0.2) is 0 Å². The lowest BCUT2D eigenvalue weighted by Crippen LogP contribution is -2.50. The quantitative estimate of drug-likeness (QED) is 0.669. The van der Waals surface area contributed by atoms with E-state index in [-0.39, 0.29) is 17.5 Å². The van der Waals surface area contributed by atoms with E-state index in [1.807, 2.05) is 13.8 Å². The molecule has 1 amide bonds. The molecular formula is C10H21N3O. The Bertz CT molecular complexity index is 210. The average molecular weight is 199 g/mol. The van der Waals surface area contributed by atoms with Gasteiger partial charge in [0.2, 0.25) is 5.91 Å². The van der Waals surface area contributed by atoms with Gasteiger partial charge in [-0.3, -0.25) is 9.69 Å². The molecule has 1 rings (SSSR count). The summed E-state index contributed by atoms with van der Waals surface area (Å²) in [6.07, 6.45) is 2.05. The molecule has 0 spiro atoms. The maximum Gasteiger partial charge on any atom is 0.237 e. The lowest BCUT2D eigenvalue weighted by atomic mass is 10.1. The van der Waals surface area contributed by atoms with Crippen molar-refractivity contribution in [3.8, 4) is 0 Å². The van der Waals surface area contributed by atoms with Gasteiger partial charge in [-0.25, -0.2) is 0 Å². The van der Waals surface area contributed by atoms with Gasteiger partial charge >= 0.3 is 0 Å². The highest BCUT2D eigenvalue weighted by Gasteiger charge is 2.32. The SMILES string of the molecule is CNC(=O)[C@@H]1CCCN1CC(C)(C)N. The smallest absolute Gasteiger partial charge is 0.237 e. The Balaban J connectivity index is 2.56. The molecule has 14 heavy (non-hydrogen) atoms. The molecule has 1 atom stereocenters. The van der Waals surface area contributed by atoms with E-state index in [0.29, 0.717) is 0 Å². The topological polar surface area (TPSA) is 58.4 Å². The van der Waals surface area contributed by atoms with Gasteiger partial charge in [0.05, 0.1) is 6.04 Å². The van der Waals surface area contributed by atoms with Crippen LogP contribution in [0, 0.1) is 0 Å². The van der Waals surface area contributed by atoms with Crippen molar-refractivity contribution in [1.82, 2.24) is 10.2 Å². The zero-order valence-corrected chi connectivity index (χ0v) is 9.34. The number of amides is 1. The summed E-state index contributed by atoms with van der Waals surface area (Å²) in [6, 6.07) is 0.0304. The fraction of sp³-hybridized carbons (Fsp3) is 0.900. The number of carbonyl (C=O) groups is 1. The molecule has 0 radical (unpaired) electrons. The van der Waals surface area contributed by atoms with Gasteiger partial charge in [0.15, 0.2) is 0 Å². The van der Waals surface area contributed by atoms with E-state index in [0.717, 1.165) is 25.9 Å². The summed E-state index contributed by atoms with van der Waals surface area (Å²) in [7, 11) is 1.69. The minimum Gasteiger partial charge on any atom is -0.358 e. The van der Waals surface area contributed by atoms with Crippen LogP contribution in [-0.4, -0.2) is 42.5 Å². The zero-order valence-electron chi connectivity index (χ0n) is 9.34. The molecule has 0 bridgehead atoms. The van der Waals surface area contributed by atoms with Gasteiger partial charge in [-0.1, -0.05) is 0 Å². The van der Waals surface area contributed by atoms with E-state index < -0.39 is 0 Å². The molecule has 0 aromatic heterocycles. The molecule has 1 saturated heterocycles. The largest absolute Gasteiger partial charge is 0.358 e. The number of likely N-dealkylation sites (tertiary alicyclic amines) is 1. The Morgan fingerprint density at radius 2 is 2.29 bits per heavy atom. The minimum absolute atomic E-state index is 0.0304. The van der Waals surface area contributed by atoms with Gasteiger partial charge in [0.1, 0.15) is 0 Å². The third kappa shape index (κ3) is 2.96. The lowest BCUT2D eigenvalue weighted by Gasteiger charge is -2.30. The summed E-state index contributed by atoms with van der Waals surface area (Å²) < 4.78 is 0. The molecule has 1 fully saturated rings. The van der Waals surface area contributed by atoms with Crippen molar-refractivity contribution in [3.05, 3.63) is 0 Å². The van der Waals surface area contributed by atoms with Gasteiger partial charge in [0, 0.05) is 19.1 Å². The van der Waals surface area contributed by atoms with Crippen LogP contribution in [0.2, 0.25) is 0 Å². The molecule has 1 heterocycles. The van der Waals surface area contributed by atoms with Crippen molar-refractivity contribution in [2.75, 3.05) is 20.1 Å². The molecule has 3 N–H and O–H groups in total. The second-order valence-corrected chi connectivity index (χ2v) is 4.73. The zero-order chi connectivity index (χ0) is 10.8. The Labute approximate surface area is 85.8 Å². The minimum atomic E-state index is -0.226. The van der Waals surface area contributed by atoms with Crippen molar-refractivity contribution in [3.63, 3.8) is 0 Å². The maximum absolute atomic E-state index is 11.5. The van der Waals surface area contributed by atoms with Crippen LogP contribution in [0.5, 0.6) is 0 Å². The van der Waals surface area contributed by atoms with Crippen LogP contribution in [0.1, 0.15) is 26.7 Å². The molecule has 82 valence electrons. The molecule has 1 aliphatic heterocycles. The molecule has 4 heteroatoms. The monoisotopic (exact) mass is 199 g/mol. The summed E-state index contributed by atoms with van der Waals surface area (Å²) in [4.78, 5) is 13.7. The molecule has 1 aliphatic rings. The van der Waals surface area contributed by atoms with Crippen molar-refractivity contribution in [1.29, 1.82) is 0 Å². The van der Waals surface area contributed by atoms with Crippen molar-refractivity contribution in [2.24, 2.45) is 5.73 Å². The first-order valence-corrected chi connectivity index (χ1v) is 5.18. The summed E-state index contributed by atoms with van der Waals surface area (Å²) >= 11 is 0. The standard InChI is InChI=1S/C10H21N3O/c1-10(2,11)7-13-6-4-5-8(13)9(14)12-3/h8H,4-7,11H2,1-3H3,(H,12,14)/t8-/m0/s1. The number of nitrogens with one attached hydrogen (secondary N) is 1. The van der Waals surface area contributed by atoms with Crippen molar-refractivity contribution >= 4 is 5.91 Å². The third-order valence-electron chi connectivity index (χ3n) is 2.52. The van der Waals surface area contributed by atoms with E-state index >= 15 is 0 Å². The van der Waals surface area contributed by atoms with Gasteiger partial charge in [-0.05, 0) is 33.2 Å². The summed E-state index contributed by atoms with van der Waals surface area (Å²) in [6.45, 7) is 5.75. The fourth-order valence-corrected chi connectivity index (χ4v) is 2.00. The van der Waals surface area contributed by atoms with Crippen LogP contribution >= 0.6 is 0 Å². The van der Waals surface area contributed by atoms with Crippen LogP contribution in [0.3, 0.4) is 0 Å². The Hall–Kier alpha value is -0.610. The fourth-order valence-electron chi connectivity index (χ4n) is 2.00. The molecule has 4 nitrogen and oxygen atoms in total. The van der Waals surface area contributed by atoms with Crippen LogP contribution in [0.4, 0.5) is 0 Å². The predicted molar refractivity (Wildman–Crippen MR) is 56.9 cm³/mol. The number of nitrogens with two attached hydrogens (primary N) is 1. The summed E-state index contributed by atoms with van der Waals surface area (Å²) in [5, 5.41) is 2.70. The number of rotatable bonds is 3. The molecule has 0 saturated carbocycles. The third-order valence-corrected chi connectivity index (χ3v) is 2.52. The molecule has 0 aromatic carbocycles. The molecular weight excluding hydrogens is 178 g/mol. The summed E-state index contributed by atoms with van der Waals surface area (Å²) in [5.74, 6) is 0.117. The highest BCUT2D eigenvalue weighted by molar-refractivity contribution is 5.81.